The van der Waals surface area contributed by atoms with Gasteiger partial charge in [-0.15, -0.1) is 0 Å². The van der Waals surface area contributed by atoms with Crippen molar-refractivity contribution >= 4 is 40.2 Å². The van der Waals surface area contributed by atoms with Crippen LogP contribution in [0.3, 0.4) is 0 Å². The zero-order chi connectivity index (χ0) is 21.1. The van der Waals surface area contributed by atoms with Crippen molar-refractivity contribution in [2.75, 3.05) is 7.11 Å². The smallest absolute Gasteiger partial charge is 0.337 e. The van der Waals surface area contributed by atoms with E-state index in [4.69, 9.17) is 20.8 Å². The number of benzene rings is 2. The Balaban J connectivity index is 1.67. The molecule has 2 heterocycles. The topological polar surface area (TPSA) is 74.3 Å². The van der Waals surface area contributed by atoms with E-state index in [0.717, 1.165) is 5.56 Å². The minimum Gasteiger partial charge on any atom is -0.467 e. The summed E-state index contributed by atoms with van der Waals surface area (Å²) in [6.07, 6.45) is 1.57. The third kappa shape index (κ3) is 4.27. The highest BCUT2D eigenvalue weighted by atomic mass is 35.5. The molecule has 0 aliphatic rings. The van der Waals surface area contributed by atoms with E-state index >= 15 is 0 Å². The van der Waals surface area contributed by atoms with Gasteiger partial charge < -0.3 is 9.15 Å². The van der Waals surface area contributed by atoms with Crippen LogP contribution >= 0.6 is 23.4 Å². The predicted octanol–water partition coefficient (Wildman–Crippen LogP) is 4.77. The first kappa shape index (κ1) is 20.3. The molecule has 0 fully saturated rings. The van der Waals surface area contributed by atoms with Crippen molar-refractivity contribution in [3.8, 4) is 0 Å². The van der Waals surface area contributed by atoms with Gasteiger partial charge in [0.25, 0.3) is 5.56 Å². The Morgan fingerprint density at radius 2 is 2.00 bits per heavy atom. The van der Waals surface area contributed by atoms with Crippen molar-refractivity contribution in [3.63, 3.8) is 0 Å². The minimum atomic E-state index is -0.380. The molecule has 4 aromatic rings. The lowest BCUT2D eigenvalue weighted by Gasteiger charge is -2.12. The van der Waals surface area contributed by atoms with Crippen LogP contribution in [0.25, 0.3) is 10.9 Å². The molecule has 0 atom stereocenters. The van der Waals surface area contributed by atoms with Gasteiger partial charge in [0.05, 0.1) is 36.4 Å². The van der Waals surface area contributed by atoms with E-state index in [1.165, 1.54) is 18.9 Å². The van der Waals surface area contributed by atoms with Gasteiger partial charge in [0.15, 0.2) is 5.16 Å². The second kappa shape index (κ2) is 8.77. The summed E-state index contributed by atoms with van der Waals surface area (Å²) in [6, 6.07) is 15.8. The molecule has 30 heavy (non-hydrogen) atoms. The van der Waals surface area contributed by atoms with E-state index in [-0.39, 0.29) is 18.1 Å². The van der Waals surface area contributed by atoms with Gasteiger partial charge in [0.2, 0.25) is 0 Å². The molecule has 4 rings (SSSR count). The Bertz CT molecular complexity index is 1250. The second-order valence-corrected chi connectivity index (χ2v) is 7.88. The van der Waals surface area contributed by atoms with E-state index < -0.39 is 0 Å². The number of methoxy groups -OCH3 is 1. The lowest BCUT2D eigenvalue weighted by atomic mass is 10.1. The van der Waals surface area contributed by atoms with Crippen molar-refractivity contribution in [2.45, 2.75) is 17.5 Å². The van der Waals surface area contributed by atoms with Crippen LogP contribution in [0.4, 0.5) is 0 Å². The van der Waals surface area contributed by atoms with Crippen LogP contribution in [-0.2, 0) is 17.0 Å². The van der Waals surface area contributed by atoms with Crippen molar-refractivity contribution in [1.82, 2.24) is 9.55 Å². The molecule has 2 aromatic carbocycles. The van der Waals surface area contributed by atoms with E-state index in [1.54, 1.807) is 47.2 Å². The highest BCUT2D eigenvalue weighted by Gasteiger charge is 2.14. The molecular formula is C22H17ClN2O4S. The molecule has 0 aliphatic heterocycles. The summed E-state index contributed by atoms with van der Waals surface area (Å²) in [4.78, 5) is 29.4. The van der Waals surface area contributed by atoms with E-state index in [0.29, 0.717) is 38.2 Å². The summed E-state index contributed by atoms with van der Waals surface area (Å²) < 4.78 is 11.7. The van der Waals surface area contributed by atoms with Gasteiger partial charge in [0, 0.05) is 10.8 Å². The van der Waals surface area contributed by atoms with Gasteiger partial charge in [-0.1, -0.05) is 35.5 Å². The summed E-state index contributed by atoms with van der Waals surface area (Å²) >= 11 is 7.52. The number of halogens is 1. The second-order valence-electron chi connectivity index (χ2n) is 6.50. The molecule has 0 bridgehead atoms. The largest absolute Gasteiger partial charge is 0.467 e. The van der Waals surface area contributed by atoms with Crippen LogP contribution in [0, 0.1) is 0 Å². The van der Waals surface area contributed by atoms with Gasteiger partial charge in [0.1, 0.15) is 5.76 Å². The number of ether oxygens (including phenoxy) is 1. The molecule has 0 saturated heterocycles. The molecule has 0 unspecified atom stereocenters. The Hall–Kier alpha value is -3.03. The summed E-state index contributed by atoms with van der Waals surface area (Å²) in [7, 11) is 1.35. The maximum atomic E-state index is 13.1. The van der Waals surface area contributed by atoms with Crippen LogP contribution < -0.4 is 5.56 Å². The lowest BCUT2D eigenvalue weighted by Crippen LogP contribution is -2.23. The van der Waals surface area contributed by atoms with E-state index in [1.807, 2.05) is 18.2 Å². The van der Waals surface area contributed by atoms with Crippen LogP contribution in [0.15, 0.2) is 75.2 Å². The van der Waals surface area contributed by atoms with Gasteiger partial charge in [-0.2, -0.15) is 0 Å². The molecular weight excluding hydrogens is 424 g/mol. The number of furan rings is 1. The summed E-state index contributed by atoms with van der Waals surface area (Å²) in [5.74, 6) is 0.851. The molecule has 0 aliphatic carbocycles. The first-order chi connectivity index (χ1) is 14.5. The molecule has 2 aromatic heterocycles. The number of carbonyl (C=O) groups excluding carboxylic acids is 1. The first-order valence-electron chi connectivity index (χ1n) is 9.07. The SMILES string of the molecule is COC(=O)c1ccc(CSc2nc3cc(Cl)ccc3c(=O)n2Cc2ccco2)cc1. The number of nitrogens with zero attached hydrogens (tertiary/aromatic N) is 2. The number of hydrogen-bond acceptors (Lipinski definition) is 6. The zero-order valence-electron chi connectivity index (χ0n) is 16.0. The summed E-state index contributed by atoms with van der Waals surface area (Å²) in [5, 5.41) is 1.58. The Morgan fingerprint density at radius 3 is 2.70 bits per heavy atom. The standard InChI is InChI=1S/C22H17ClN2O4S/c1-28-21(27)15-6-4-14(5-7-15)13-30-22-24-19-11-16(23)8-9-18(19)20(26)25(22)12-17-3-2-10-29-17/h2-11H,12-13H2,1H3. The number of carbonyl (C=O) groups is 1. The normalized spacial score (nSPS) is 11.0. The van der Waals surface area contributed by atoms with E-state index in [2.05, 4.69) is 4.98 Å². The Labute approximate surface area is 181 Å². The van der Waals surface area contributed by atoms with Crippen LogP contribution in [0.5, 0.6) is 0 Å². The fraction of sp³-hybridized carbons (Fsp3) is 0.136. The molecule has 0 N–H and O–H groups in total. The third-order valence-electron chi connectivity index (χ3n) is 4.52. The van der Waals surface area contributed by atoms with Gasteiger partial charge in [-0.25, -0.2) is 9.78 Å². The fourth-order valence-corrected chi connectivity index (χ4v) is 4.11. The van der Waals surface area contributed by atoms with Crippen molar-refractivity contribution in [1.29, 1.82) is 0 Å². The number of aromatic nitrogens is 2. The highest BCUT2D eigenvalue weighted by molar-refractivity contribution is 7.98. The third-order valence-corrected chi connectivity index (χ3v) is 5.80. The van der Waals surface area contributed by atoms with Crippen molar-refractivity contribution in [2.24, 2.45) is 0 Å². The van der Waals surface area contributed by atoms with Crippen LogP contribution in [-0.4, -0.2) is 22.6 Å². The maximum Gasteiger partial charge on any atom is 0.337 e. The maximum absolute atomic E-state index is 13.1. The molecule has 0 radical (unpaired) electrons. The molecule has 0 saturated carbocycles. The van der Waals surface area contributed by atoms with Crippen molar-refractivity contribution < 1.29 is 13.9 Å². The molecule has 8 heteroatoms. The lowest BCUT2D eigenvalue weighted by molar-refractivity contribution is 0.0600. The van der Waals surface area contributed by atoms with Crippen LogP contribution in [0.1, 0.15) is 21.7 Å². The number of hydrogen-bond donors (Lipinski definition) is 0. The fourth-order valence-electron chi connectivity index (χ4n) is 2.98. The summed E-state index contributed by atoms with van der Waals surface area (Å²) in [6.45, 7) is 0.279. The van der Waals surface area contributed by atoms with Crippen LogP contribution in [0.2, 0.25) is 5.02 Å². The quantitative estimate of drug-likeness (QED) is 0.244. The zero-order valence-corrected chi connectivity index (χ0v) is 17.6. The number of rotatable bonds is 6. The van der Waals surface area contributed by atoms with Gasteiger partial charge in [-0.05, 0) is 48.0 Å². The average molecular weight is 441 g/mol. The van der Waals surface area contributed by atoms with Gasteiger partial charge >= 0.3 is 5.97 Å². The number of thioether (sulfide) groups is 1. The summed E-state index contributed by atoms with van der Waals surface area (Å²) in [5.41, 5.74) is 1.86. The van der Waals surface area contributed by atoms with Crippen molar-refractivity contribution in [3.05, 3.63) is 93.1 Å². The molecule has 0 amide bonds. The first-order valence-corrected chi connectivity index (χ1v) is 10.4. The Kier molecular flexibility index (Phi) is 5.92. The molecule has 152 valence electrons. The predicted molar refractivity (Wildman–Crippen MR) is 116 cm³/mol. The Morgan fingerprint density at radius 1 is 1.20 bits per heavy atom. The average Bonchev–Trinajstić information content (AvgIpc) is 3.27. The monoisotopic (exact) mass is 440 g/mol. The highest BCUT2D eigenvalue weighted by Crippen LogP contribution is 2.24. The minimum absolute atomic E-state index is 0.156. The number of fused-ring (bicyclic) bond motifs is 1. The molecule has 6 nitrogen and oxygen atoms in total. The van der Waals surface area contributed by atoms with E-state index in [9.17, 15) is 9.59 Å². The van der Waals surface area contributed by atoms with Gasteiger partial charge in [-0.3, -0.25) is 9.36 Å². The molecule has 0 spiro atoms. The number of esters is 1.